The third-order valence-corrected chi connectivity index (χ3v) is 5.30. The molecule has 3 rings (SSSR count). The second kappa shape index (κ2) is 11.3. The van der Waals surface area contributed by atoms with Crippen LogP contribution in [0.5, 0.6) is 0 Å². The molecule has 0 aliphatic carbocycles. The normalized spacial score (nSPS) is 11.0. The Hall–Kier alpha value is -6.46. The van der Waals surface area contributed by atoms with Crippen LogP contribution in [0.2, 0.25) is 0 Å². The molecule has 0 aliphatic heterocycles. The molecule has 0 heterocycles. The summed E-state index contributed by atoms with van der Waals surface area (Å²) in [5.74, 6) is 0. The highest BCUT2D eigenvalue weighted by atomic mass is 16.7. The van der Waals surface area contributed by atoms with Gasteiger partial charge in [-0.05, 0) is 42.5 Å². The number of nitrogens with zero attached hydrogens (tertiary/aromatic N) is 6. The molecule has 0 unspecified atom stereocenters. The third-order valence-electron chi connectivity index (χ3n) is 5.30. The Kier molecular flexibility index (Phi) is 7.94. The van der Waals surface area contributed by atoms with Gasteiger partial charge in [-0.15, -0.1) is 0 Å². The molecule has 0 spiro atoms. The molecule has 202 valence electrons. The maximum absolute atomic E-state index is 11.6. The first-order valence-electron chi connectivity index (χ1n) is 10.5. The Morgan fingerprint density at radius 3 is 1.02 bits per heavy atom. The lowest BCUT2D eigenvalue weighted by Crippen LogP contribution is -1.99. The van der Waals surface area contributed by atoms with Crippen LogP contribution in [0.4, 0.5) is 34.1 Å². The van der Waals surface area contributed by atoms with E-state index < -0.39 is 63.7 Å². The van der Waals surface area contributed by atoms with Crippen LogP contribution in [-0.4, -0.2) is 29.5 Å². The third kappa shape index (κ3) is 5.75. The van der Waals surface area contributed by atoms with Crippen molar-refractivity contribution < 1.29 is 29.5 Å². The molecule has 3 aromatic rings. The summed E-state index contributed by atoms with van der Waals surface area (Å²) in [6.45, 7) is 0. The molecule has 0 saturated carbocycles. The minimum absolute atomic E-state index is 0.295. The van der Waals surface area contributed by atoms with Gasteiger partial charge < -0.3 is 0 Å². The quantitative estimate of drug-likeness (QED) is 0.172. The number of nitro benzene ring substituents is 6. The molecule has 0 fully saturated rings. The van der Waals surface area contributed by atoms with E-state index in [-0.39, 0.29) is 22.3 Å². The summed E-state index contributed by atoms with van der Waals surface area (Å²) >= 11 is 0. The zero-order valence-electron chi connectivity index (χ0n) is 19.5. The SMILES string of the molecule is O=[N+]([O-])c1cc([N+](=O)[O-])c(C=Cc2cccc([N+](=O)[O-])c2[N+](=O)[O-])cc1C=Cc1cccc([N+](=O)[O-])c1[N+](=O)[O-]. The maximum atomic E-state index is 11.6. The van der Waals surface area contributed by atoms with Crippen molar-refractivity contribution in [2.24, 2.45) is 0 Å². The average molecular weight is 552 g/mol. The number of nitro groups is 6. The van der Waals surface area contributed by atoms with Crippen molar-refractivity contribution in [2.45, 2.75) is 0 Å². The van der Waals surface area contributed by atoms with E-state index in [0.29, 0.717) is 6.07 Å². The zero-order chi connectivity index (χ0) is 29.7. The van der Waals surface area contributed by atoms with Crippen LogP contribution in [0.25, 0.3) is 24.3 Å². The van der Waals surface area contributed by atoms with Gasteiger partial charge in [-0.1, -0.05) is 12.1 Å². The molecule has 18 nitrogen and oxygen atoms in total. The first-order valence-corrected chi connectivity index (χ1v) is 10.5. The highest BCUT2D eigenvalue weighted by Crippen LogP contribution is 2.36. The number of benzene rings is 3. The Labute approximate surface area is 220 Å². The topological polar surface area (TPSA) is 259 Å². The van der Waals surface area contributed by atoms with Gasteiger partial charge >= 0.3 is 22.7 Å². The molecule has 0 N–H and O–H groups in total. The van der Waals surface area contributed by atoms with Crippen LogP contribution in [-0.2, 0) is 0 Å². The van der Waals surface area contributed by atoms with Crippen LogP contribution in [0, 0.1) is 60.7 Å². The molecule has 0 radical (unpaired) electrons. The van der Waals surface area contributed by atoms with Gasteiger partial charge in [0, 0.05) is 12.1 Å². The lowest BCUT2D eigenvalue weighted by atomic mass is 10.0. The Morgan fingerprint density at radius 1 is 0.400 bits per heavy atom. The van der Waals surface area contributed by atoms with E-state index in [2.05, 4.69) is 0 Å². The van der Waals surface area contributed by atoms with Gasteiger partial charge in [0.2, 0.25) is 0 Å². The molecule has 0 atom stereocenters. The molecule has 0 saturated heterocycles. The van der Waals surface area contributed by atoms with Gasteiger partial charge in [-0.3, -0.25) is 60.7 Å². The van der Waals surface area contributed by atoms with E-state index in [1.807, 2.05) is 0 Å². The zero-order valence-corrected chi connectivity index (χ0v) is 19.5. The monoisotopic (exact) mass is 552 g/mol. The van der Waals surface area contributed by atoms with Gasteiger partial charge in [0.25, 0.3) is 11.4 Å². The number of hydrogen-bond acceptors (Lipinski definition) is 12. The molecule has 3 aromatic carbocycles. The van der Waals surface area contributed by atoms with Crippen LogP contribution in [0.15, 0.2) is 48.5 Å². The molecule has 0 amide bonds. The summed E-state index contributed by atoms with van der Waals surface area (Å²) in [6.07, 6.45) is 3.89. The number of rotatable bonds is 10. The van der Waals surface area contributed by atoms with Crippen molar-refractivity contribution in [3.05, 3.63) is 131 Å². The summed E-state index contributed by atoms with van der Waals surface area (Å²) < 4.78 is 0. The van der Waals surface area contributed by atoms with Crippen LogP contribution in [0.1, 0.15) is 22.3 Å². The lowest BCUT2D eigenvalue weighted by molar-refractivity contribution is -0.422. The average Bonchev–Trinajstić information content (AvgIpc) is 2.89. The van der Waals surface area contributed by atoms with Crippen molar-refractivity contribution in [2.75, 3.05) is 0 Å². The molecular weight excluding hydrogens is 540 g/mol. The largest absolute Gasteiger partial charge is 0.353 e. The van der Waals surface area contributed by atoms with Crippen LogP contribution >= 0.6 is 0 Å². The fourth-order valence-corrected chi connectivity index (χ4v) is 3.61. The summed E-state index contributed by atoms with van der Waals surface area (Å²) in [4.78, 5) is 62.6. The second-order valence-corrected chi connectivity index (χ2v) is 7.61. The number of hydrogen-bond donors (Lipinski definition) is 0. The van der Waals surface area contributed by atoms with Gasteiger partial charge in [-0.2, -0.15) is 0 Å². The Morgan fingerprint density at radius 2 is 0.725 bits per heavy atom. The summed E-state index contributed by atoms with van der Waals surface area (Å²) in [5.41, 5.74) is -6.29. The van der Waals surface area contributed by atoms with Crippen molar-refractivity contribution in [3.8, 4) is 0 Å². The summed E-state index contributed by atoms with van der Waals surface area (Å²) in [7, 11) is 0. The Balaban J connectivity index is 2.22. The van der Waals surface area contributed by atoms with Gasteiger partial charge in [0.05, 0.1) is 57.9 Å². The van der Waals surface area contributed by atoms with Crippen molar-refractivity contribution >= 4 is 58.4 Å². The van der Waals surface area contributed by atoms with E-state index in [1.54, 1.807) is 0 Å². The minimum atomic E-state index is -1.01. The van der Waals surface area contributed by atoms with E-state index in [0.717, 1.165) is 66.8 Å². The molecule has 0 bridgehead atoms. The van der Waals surface area contributed by atoms with Gasteiger partial charge in [-0.25, -0.2) is 0 Å². The van der Waals surface area contributed by atoms with Crippen molar-refractivity contribution in [1.29, 1.82) is 0 Å². The lowest BCUT2D eigenvalue weighted by Gasteiger charge is -2.04. The second-order valence-electron chi connectivity index (χ2n) is 7.61. The van der Waals surface area contributed by atoms with Gasteiger partial charge in [0.1, 0.15) is 0 Å². The highest BCUT2D eigenvalue weighted by molar-refractivity contribution is 5.85. The predicted octanol–water partition coefficient (Wildman–Crippen LogP) is 5.48. The van der Waals surface area contributed by atoms with E-state index in [4.69, 9.17) is 0 Å². The van der Waals surface area contributed by atoms with Crippen molar-refractivity contribution in [1.82, 2.24) is 0 Å². The van der Waals surface area contributed by atoms with Gasteiger partial charge in [0.15, 0.2) is 0 Å². The van der Waals surface area contributed by atoms with E-state index in [9.17, 15) is 60.7 Å². The fraction of sp³-hybridized carbons (Fsp3) is 0. The molecule has 0 aromatic heterocycles. The molecule has 18 heteroatoms. The summed E-state index contributed by atoms with van der Waals surface area (Å²) in [5, 5.41) is 68.6. The Bertz CT molecular complexity index is 1560. The smallest absolute Gasteiger partial charge is 0.258 e. The first-order chi connectivity index (χ1) is 18.8. The number of para-hydroxylation sites is 2. The first kappa shape index (κ1) is 28.1. The molecular formula is C22H12N6O12. The summed E-state index contributed by atoms with van der Waals surface area (Å²) in [6, 6.07) is 7.88. The van der Waals surface area contributed by atoms with Crippen LogP contribution < -0.4 is 0 Å². The standard InChI is InChI=1S/C22H12N6O12/c29-23(30)17-5-1-3-13(21(17)27(37)38)7-9-15-11-16(20(26(35)36)12-19(15)25(33)34)10-8-14-4-2-6-18(24(31)32)22(14)28(39)40/h1-12H. The van der Waals surface area contributed by atoms with Crippen molar-refractivity contribution in [3.63, 3.8) is 0 Å². The molecule has 40 heavy (non-hydrogen) atoms. The highest BCUT2D eigenvalue weighted by Gasteiger charge is 2.29. The maximum Gasteiger partial charge on any atom is 0.353 e. The minimum Gasteiger partial charge on any atom is -0.258 e. The van der Waals surface area contributed by atoms with E-state index in [1.165, 1.54) is 0 Å². The fourth-order valence-electron chi connectivity index (χ4n) is 3.61. The molecule has 0 aliphatic rings. The van der Waals surface area contributed by atoms with E-state index >= 15 is 0 Å². The predicted molar refractivity (Wildman–Crippen MR) is 137 cm³/mol. The van der Waals surface area contributed by atoms with Crippen LogP contribution in [0.3, 0.4) is 0 Å².